The van der Waals surface area contributed by atoms with Gasteiger partial charge in [0.15, 0.2) is 0 Å². The average Bonchev–Trinajstić information content (AvgIpc) is 3.58. The lowest BCUT2D eigenvalue weighted by Gasteiger charge is -2.28. The van der Waals surface area contributed by atoms with Crippen molar-refractivity contribution in [3.8, 4) is 34.3 Å². The molecule has 0 radical (unpaired) electrons. The average molecular weight is 566 g/mol. The Morgan fingerprint density at radius 2 is 1.97 bits per heavy atom. The Morgan fingerprint density at radius 3 is 2.61 bits per heavy atom. The van der Waals surface area contributed by atoms with E-state index in [9.17, 15) is 15.2 Å². The van der Waals surface area contributed by atoms with Crippen LogP contribution in [-0.2, 0) is 11.3 Å². The van der Waals surface area contributed by atoms with Gasteiger partial charge in [0.2, 0.25) is 5.88 Å². The molecule has 0 atom stereocenters. The van der Waals surface area contributed by atoms with Crippen LogP contribution in [-0.4, -0.2) is 42.4 Å². The molecule has 0 spiro atoms. The molecule has 0 bridgehead atoms. The highest BCUT2D eigenvalue weighted by molar-refractivity contribution is 9.10. The highest BCUT2D eigenvalue weighted by Gasteiger charge is 2.20. The maximum Gasteiger partial charge on any atom is 0.345 e. The quantitative estimate of drug-likeness (QED) is 0.298. The van der Waals surface area contributed by atoms with Gasteiger partial charge >= 0.3 is 5.97 Å². The van der Waals surface area contributed by atoms with E-state index in [0.29, 0.717) is 33.8 Å². The summed E-state index contributed by atoms with van der Waals surface area (Å²) in [5, 5.41) is 19.2. The molecule has 1 aliphatic heterocycles. The molecule has 4 aromatic rings. The van der Waals surface area contributed by atoms with Crippen LogP contribution < -0.4 is 9.64 Å². The number of pyridine rings is 1. The first kappa shape index (κ1) is 24.1. The van der Waals surface area contributed by atoms with Crippen LogP contribution in [0.1, 0.15) is 20.1 Å². The van der Waals surface area contributed by atoms with E-state index < -0.39 is 5.97 Å². The van der Waals surface area contributed by atoms with Crippen LogP contribution in [0.3, 0.4) is 0 Å². The number of nitrogens with zero attached hydrogens (tertiary/aromatic N) is 3. The molecule has 1 aliphatic rings. The lowest BCUT2D eigenvalue weighted by atomic mass is 10.0. The van der Waals surface area contributed by atoms with Gasteiger partial charge in [-0.25, -0.2) is 9.78 Å². The summed E-state index contributed by atoms with van der Waals surface area (Å²) in [5.74, 6) is -0.840. The van der Waals surface area contributed by atoms with E-state index in [0.717, 1.165) is 41.2 Å². The third kappa shape index (κ3) is 4.99. The fraction of sp³-hybridized carbons (Fsp3) is 0.192. The number of morpholine rings is 1. The molecular formula is C26H20BrN3O5S. The molecule has 3 aromatic heterocycles. The molecule has 5 rings (SSSR count). The van der Waals surface area contributed by atoms with Crippen LogP contribution in [0.25, 0.3) is 22.4 Å². The summed E-state index contributed by atoms with van der Waals surface area (Å²) in [6.45, 7) is 3.17. The van der Waals surface area contributed by atoms with Crippen molar-refractivity contribution >= 4 is 38.9 Å². The van der Waals surface area contributed by atoms with E-state index in [2.05, 4.69) is 44.0 Å². The Bertz CT molecular complexity index is 1420. The Hall–Kier alpha value is -3.65. The van der Waals surface area contributed by atoms with E-state index >= 15 is 0 Å². The molecule has 1 fully saturated rings. The minimum atomic E-state index is -1.01. The van der Waals surface area contributed by atoms with Crippen molar-refractivity contribution in [2.45, 2.75) is 6.61 Å². The minimum Gasteiger partial charge on any atom is -0.477 e. The number of nitriles is 1. The number of thiophene rings is 1. The van der Waals surface area contributed by atoms with Crippen LogP contribution >= 0.6 is 27.3 Å². The normalized spacial score (nSPS) is 13.4. The van der Waals surface area contributed by atoms with Crippen LogP contribution in [0.15, 0.2) is 63.9 Å². The topological polar surface area (TPSA) is 109 Å². The number of halogens is 1. The zero-order valence-corrected chi connectivity index (χ0v) is 21.3. The molecule has 0 amide bonds. The summed E-state index contributed by atoms with van der Waals surface area (Å²) in [4.78, 5) is 19.1. The van der Waals surface area contributed by atoms with Crippen molar-refractivity contribution in [3.63, 3.8) is 0 Å². The molecule has 0 aliphatic carbocycles. The van der Waals surface area contributed by atoms with Crippen molar-refractivity contribution in [2.75, 3.05) is 31.2 Å². The molecule has 36 heavy (non-hydrogen) atoms. The van der Waals surface area contributed by atoms with Crippen molar-refractivity contribution in [1.82, 2.24) is 4.98 Å². The summed E-state index contributed by atoms with van der Waals surface area (Å²) in [7, 11) is 0. The zero-order valence-electron chi connectivity index (χ0n) is 18.9. The van der Waals surface area contributed by atoms with E-state index in [1.807, 2.05) is 18.2 Å². The predicted octanol–water partition coefficient (Wildman–Crippen LogP) is 5.82. The van der Waals surface area contributed by atoms with E-state index in [4.69, 9.17) is 13.9 Å². The maximum atomic E-state index is 11.3. The number of carbonyl (C=O) groups is 1. The Balaban J connectivity index is 1.50. The number of carboxylic acids is 1. The van der Waals surface area contributed by atoms with E-state index in [1.54, 1.807) is 18.6 Å². The summed E-state index contributed by atoms with van der Waals surface area (Å²) in [6, 6.07) is 15.5. The third-order valence-electron chi connectivity index (χ3n) is 5.78. The van der Waals surface area contributed by atoms with Gasteiger partial charge in [0.25, 0.3) is 0 Å². The minimum absolute atomic E-state index is 0.0600. The van der Waals surface area contributed by atoms with Gasteiger partial charge in [0.1, 0.15) is 23.1 Å². The van der Waals surface area contributed by atoms with Crippen molar-refractivity contribution in [3.05, 3.63) is 74.8 Å². The number of aromatic carboxylic acids is 1. The largest absolute Gasteiger partial charge is 0.477 e. The lowest BCUT2D eigenvalue weighted by molar-refractivity contribution is 0.0702. The molecular weight excluding hydrogens is 546 g/mol. The predicted molar refractivity (Wildman–Crippen MR) is 138 cm³/mol. The number of anilines is 1. The van der Waals surface area contributed by atoms with Crippen LogP contribution in [0.2, 0.25) is 0 Å². The molecule has 8 nitrogen and oxygen atoms in total. The SMILES string of the molecule is N#Cc1c(-c2ccoc2)cc(-c2ccc(N3CCOCC3)cc2)nc1OCc1sc(C(=O)O)cc1Br. The van der Waals surface area contributed by atoms with Crippen molar-refractivity contribution in [1.29, 1.82) is 5.26 Å². The molecule has 1 N–H and O–H groups in total. The number of rotatable bonds is 7. The summed E-state index contributed by atoms with van der Waals surface area (Å²) < 4.78 is 17.3. The number of hydrogen-bond acceptors (Lipinski definition) is 8. The first-order valence-electron chi connectivity index (χ1n) is 11.1. The molecule has 1 aromatic carbocycles. The van der Waals surface area contributed by atoms with Gasteiger partial charge in [-0.05, 0) is 46.3 Å². The van der Waals surface area contributed by atoms with Gasteiger partial charge < -0.3 is 23.9 Å². The smallest absolute Gasteiger partial charge is 0.345 e. The highest BCUT2D eigenvalue weighted by atomic mass is 79.9. The number of ether oxygens (including phenoxy) is 2. The number of hydrogen-bond donors (Lipinski definition) is 1. The van der Waals surface area contributed by atoms with Gasteiger partial charge in [-0.15, -0.1) is 11.3 Å². The molecule has 1 saturated heterocycles. The molecule has 182 valence electrons. The second-order valence-corrected chi connectivity index (χ2v) is 9.97. The molecule has 10 heteroatoms. The maximum absolute atomic E-state index is 11.3. The van der Waals surface area contributed by atoms with Crippen molar-refractivity contribution in [2.24, 2.45) is 0 Å². The number of benzene rings is 1. The number of furan rings is 1. The van der Waals surface area contributed by atoms with Gasteiger partial charge in [0, 0.05) is 39.9 Å². The summed E-state index contributed by atoms with van der Waals surface area (Å²) >= 11 is 4.50. The molecule has 4 heterocycles. The Kier molecular flexibility index (Phi) is 7.04. The van der Waals surface area contributed by atoms with Crippen LogP contribution in [0.4, 0.5) is 5.69 Å². The lowest BCUT2D eigenvalue weighted by Crippen LogP contribution is -2.36. The van der Waals surface area contributed by atoms with Gasteiger partial charge in [-0.1, -0.05) is 12.1 Å². The first-order valence-corrected chi connectivity index (χ1v) is 12.7. The number of aromatic nitrogens is 1. The van der Waals surface area contributed by atoms with Crippen LogP contribution in [0.5, 0.6) is 5.88 Å². The second kappa shape index (κ2) is 10.5. The van der Waals surface area contributed by atoms with Gasteiger partial charge in [0.05, 0.1) is 36.3 Å². The Labute approximate surface area is 219 Å². The second-order valence-electron chi connectivity index (χ2n) is 7.98. The fourth-order valence-electron chi connectivity index (χ4n) is 3.94. The highest BCUT2D eigenvalue weighted by Crippen LogP contribution is 2.36. The summed E-state index contributed by atoms with van der Waals surface area (Å²) in [5.41, 5.74) is 4.27. The zero-order chi connectivity index (χ0) is 25.1. The molecule has 0 saturated carbocycles. The van der Waals surface area contributed by atoms with E-state index in [1.165, 1.54) is 6.07 Å². The number of carboxylic acid groups (broad SMARTS) is 1. The molecule has 0 unspecified atom stereocenters. The van der Waals surface area contributed by atoms with Gasteiger partial charge in [-0.2, -0.15) is 5.26 Å². The first-order chi connectivity index (χ1) is 17.5. The van der Waals surface area contributed by atoms with Crippen molar-refractivity contribution < 1.29 is 23.8 Å². The fourth-order valence-corrected chi connectivity index (χ4v) is 5.48. The Morgan fingerprint density at radius 1 is 1.19 bits per heavy atom. The monoisotopic (exact) mass is 565 g/mol. The standard InChI is InChI=1S/C26H20BrN3O5S/c27-21-12-23(26(31)32)36-24(21)15-35-25-20(13-28)19(17-5-8-34-14-17)11-22(29-25)16-1-3-18(4-2-16)30-6-9-33-10-7-30/h1-5,8,11-12,14H,6-7,9-10,15H2,(H,31,32). The van der Waals surface area contributed by atoms with Gasteiger partial charge in [-0.3, -0.25) is 0 Å². The van der Waals surface area contributed by atoms with E-state index in [-0.39, 0.29) is 22.9 Å². The third-order valence-corrected chi connectivity index (χ3v) is 7.84. The summed E-state index contributed by atoms with van der Waals surface area (Å²) in [6.07, 6.45) is 3.12. The van der Waals surface area contributed by atoms with Crippen LogP contribution in [0, 0.1) is 11.3 Å².